The van der Waals surface area contributed by atoms with Gasteiger partial charge >= 0.3 is 6.09 Å². The minimum absolute atomic E-state index is 0.112. The number of benzene rings is 1. The van der Waals surface area contributed by atoms with Crippen molar-refractivity contribution in [2.24, 2.45) is 0 Å². The number of thiophene rings is 1. The fourth-order valence-electron chi connectivity index (χ4n) is 5.23. The van der Waals surface area contributed by atoms with E-state index in [0.29, 0.717) is 43.2 Å². The Bertz CT molecular complexity index is 1150. The molecule has 0 radical (unpaired) electrons. The molecule has 2 aromatic rings. The first-order chi connectivity index (χ1) is 17.5. The first kappa shape index (κ1) is 27.3. The van der Waals surface area contributed by atoms with Crippen LogP contribution in [0.15, 0.2) is 24.3 Å². The van der Waals surface area contributed by atoms with E-state index in [-0.39, 0.29) is 17.9 Å². The van der Waals surface area contributed by atoms with E-state index in [1.807, 2.05) is 36.1 Å². The van der Waals surface area contributed by atoms with Crippen LogP contribution in [0.4, 0.5) is 9.80 Å². The molecule has 1 unspecified atom stereocenters. The van der Waals surface area contributed by atoms with Gasteiger partial charge in [0, 0.05) is 42.3 Å². The molecule has 0 bridgehead atoms. The second-order valence-corrected chi connectivity index (χ2v) is 12.0. The van der Waals surface area contributed by atoms with E-state index in [9.17, 15) is 19.5 Å². The summed E-state index contributed by atoms with van der Waals surface area (Å²) in [5.41, 5.74) is -1.52. The zero-order valence-electron chi connectivity index (χ0n) is 22.1. The number of hydrogen-bond donors (Lipinski definition) is 3. The molecule has 0 saturated carbocycles. The van der Waals surface area contributed by atoms with Gasteiger partial charge in [-0.2, -0.15) is 0 Å². The molecule has 0 spiro atoms. The van der Waals surface area contributed by atoms with Gasteiger partial charge in [0.2, 0.25) is 0 Å². The van der Waals surface area contributed by atoms with E-state index in [1.165, 1.54) is 11.3 Å². The van der Waals surface area contributed by atoms with Crippen LogP contribution in [0.5, 0.6) is 0 Å². The molecule has 3 amide bonds. The maximum Gasteiger partial charge on any atom is 0.412 e. The van der Waals surface area contributed by atoms with Crippen LogP contribution in [0.3, 0.4) is 0 Å². The smallest absolute Gasteiger partial charge is 0.412 e. The summed E-state index contributed by atoms with van der Waals surface area (Å²) < 4.78 is 6.35. The highest BCUT2D eigenvalue weighted by Crippen LogP contribution is 2.37. The van der Waals surface area contributed by atoms with Gasteiger partial charge < -0.3 is 20.1 Å². The van der Waals surface area contributed by atoms with Crippen molar-refractivity contribution in [2.45, 2.75) is 70.6 Å². The van der Waals surface area contributed by atoms with Crippen LogP contribution in [0, 0.1) is 0 Å². The zero-order valence-corrected chi connectivity index (χ0v) is 23.0. The van der Waals surface area contributed by atoms with Crippen molar-refractivity contribution in [1.82, 2.24) is 15.1 Å². The van der Waals surface area contributed by atoms with Gasteiger partial charge in [0.05, 0.1) is 5.56 Å². The molecule has 10 heteroatoms. The number of fused-ring (bicyclic) bond motifs is 1. The highest BCUT2D eigenvalue weighted by molar-refractivity contribution is 7.23. The number of aliphatic hydroxyl groups is 1. The lowest BCUT2D eigenvalue weighted by Gasteiger charge is -2.44. The fraction of sp³-hybridized carbons (Fsp3) is 0.593. The van der Waals surface area contributed by atoms with E-state index in [4.69, 9.17) is 4.74 Å². The minimum atomic E-state index is -1.36. The third kappa shape index (κ3) is 6.25. The first-order valence-electron chi connectivity index (χ1n) is 13.1. The van der Waals surface area contributed by atoms with E-state index >= 15 is 0 Å². The number of carbonyl (C=O) groups excluding carboxylic acids is 3. The van der Waals surface area contributed by atoms with Gasteiger partial charge in [0.25, 0.3) is 11.8 Å². The Balaban J connectivity index is 1.46. The van der Waals surface area contributed by atoms with Crippen LogP contribution in [-0.2, 0) is 9.53 Å². The number of amides is 3. The Hall–Kier alpha value is -2.69. The summed E-state index contributed by atoms with van der Waals surface area (Å²) in [4.78, 5) is 42.7. The largest absolute Gasteiger partial charge is 0.444 e. The van der Waals surface area contributed by atoms with E-state index in [2.05, 4.69) is 15.5 Å². The van der Waals surface area contributed by atoms with Crippen molar-refractivity contribution in [1.29, 1.82) is 0 Å². The normalized spacial score (nSPS) is 21.6. The molecule has 2 fully saturated rings. The van der Waals surface area contributed by atoms with Crippen LogP contribution in [0.1, 0.15) is 63.7 Å². The number of nitrogens with one attached hydrogen (secondary N) is 2. The van der Waals surface area contributed by atoms with E-state index in [0.717, 1.165) is 35.9 Å². The van der Waals surface area contributed by atoms with Crippen molar-refractivity contribution in [3.63, 3.8) is 0 Å². The molecule has 2 saturated heterocycles. The average molecular weight is 531 g/mol. The average Bonchev–Trinajstić information content (AvgIpc) is 3.20. The maximum absolute atomic E-state index is 13.7. The van der Waals surface area contributed by atoms with Crippen LogP contribution in [0.2, 0.25) is 0 Å². The Morgan fingerprint density at radius 2 is 1.86 bits per heavy atom. The zero-order chi connectivity index (χ0) is 26.8. The van der Waals surface area contributed by atoms with Crippen molar-refractivity contribution in [3.8, 4) is 0 Å². The van der Waals surface area contributed by atoms with E-state index < -0.39 is 17.3 Å². The predicted octanol–water partition coefficient (Wildman–Crippen LogP) is 3.82. The lowest BCUT2D eigenvalue weighted by molar-refractivity contribution is -0.147. The molecule has 1 aromatic carbocycles. The van der Waals surface area contributed by atoms with Crippen molar-refractivity contribution >= 4 is 44.3 Å². The number of anilines is 1. The molecule has 4 rings (SSSR count). The number of carbonyl (C=O) groups is 3. The number of β-amino-alcohol motifs (C(OH)–C–C–N with tert-alkyl or cyclic N) is 1. The highest BCUT2D eigenvalue weighted by atomic mass is 32.1. The molecule has 2 aliphatic rings. The molecule has 37 heavy (non-hydrogen) atoms. The Morgan fingerprint density at radius 1 is 1.16 bits per heavy atom. The topological polar surface area (TPSA) is 111 Å². The van der Waals surface area contributed by atoms with Gasteiger partial charge in [-0.05, 0) is 66.0 Å². The summed E-state index contributed by atoms with van der Waals surface area (Å²) in [7, 11) is 0. The number of nitrogens with zero attached hydrogens (tertiary/aromatic N) is 2. The summed E-state index contributed by atoms with van der Waals surface area (Å²) in [6.45, 7) is 10.0. The number of hydrogen-bond acceptors (Lipinski definition) is 7. The molecule has 9 nitrogen and oxygen atoms in total. The van der Waals surface area contributed by atoms with Crippen LogP contribution < -0.4 is 10.6 Å². The SMILES string of the molecule is CCNC(=O)C1(O)CCCN(C2CCN(C(=O)c3c(NC(=O)OC(C)(C)C)sc4ccccc34)CC2)C1. The Labute approximate surface area is 222 Å². The fourth-order valence-corrected chi connectivity index (χ4v) is 6.31. The number of rotatable bonds is 5. The Kier molecular flexibility index (Phi) is 8.11. The summed E-state index contributed by atoms with van der Waals surface area (Å²) in [5, 5.41) is 17.8. The lowest BCUT2D eigenvalue weighted by Crippen LogP contribution is -2.60. The number of piperidine rings is 2. The molecule has 202 valence electrons. The number of ether oxygens (including phenoxy) is 1. The summed E-state index contributed by atoms with van der Waals surface area (Å²) in [6.07, 6.45) is 2.15. The molecular weight excluding hydrogens is 492 g/mol. The molecule has 3 heterocycles. The third-order valence-corrected chi connectivity index (χ3v) is 8.04. The molecular formula is C27H38N4O5S. The van der Waals surface area contributed by atoms with Crippen molar-refractivity contribution in [2.75, 3.05) is 38.0 Å². The third-order valence-electron chi connectivity index (χ3n) is 6.95. The Morgan fingerprint density at radius 3 is 2.54 bits per heavy atom. The summed E-state index contributed by atoms with van der Waals surface area (Å²) in [6, 6.07) is 7.85. The standard InChI is InChI=1S/C27H38N4O5S/c1-5-28-24(33)27(35)13-8-14-31(17-27)18-11-15-30(16-12-18)23(32)21-19-9-6-7-10-20(19)37-22(21)29-25(34)36-26(2,3)4/h6-7,9-10,18,35H,5,8,11-17H2,1-4H3,(H,28,33)(H,29,34). The lowest BCUT2D eigenvalue weighted by atomic mass is 9.89. The quantitative estimate of drug-likeness (QED) is 0.542. The summed E-state index contributed by atoms with van der Waals surface area (Å²) >= 11 is 1.37. The predicted molar refractivity (Wildman–Crippen MR) is 145 cm³/mol. The number of likely N-dealkylation sites (tertiary alicyclic amines) is 2. The molecule has 1 atom stereocenters. The van der Waals surface area contributed by atoms with Gasteiger partial charge in [-0.3, -0.25) is 19.8 Å². The molecule has 2 aliphatic heterocycles. The van der Waals surface area contributed by atoms with Gasteiger partial charge in [0.1, 0.15) is 10.6 Å². The monoisotopic (exact) mass is 530 g/mol. The minimum Gasteiger partial charge on any atom is -0.444 e. The van der Waals surface area contributed by atoms with Gasteiger partial charge in [0.15, 0.2) is 5.60 Å². The van der Waals surface area contributed by atoms with Crippen LogP contribution >= 0.6 is 11.3 Å². The van der Waals surface area contributed by atoms with Gasteiger partial charge in [-0.25, -0.2) is 4.79 Å². The summed E-state index contributed by atoms with van der Waals surface area (Å²) in [5.74, 6) is -0.416. The second kappa shape index (κ2) is 11.0. The number of likely N-dealkylation sites (N-methyl/N-ethyl adjacent to an activating group) is 1. The second-order valence-electron chi connectivity index (χ2n) is 10.9. The molecule has 0 aliphatic carbocycles. The first-order valence-corrected chi connectivity index (χ1v) is 13.9. The van der Waals surface area contributed by atoms with Gasteiger partial charge in [-0.15, -0.1) is 11.3 Å². The van der Waals surface area contributed by atoms with Crippen LogP contribution in [-0.4, -0.2) is 82.8 Å². The van der Waals surface area contributed by atoms with Crippen molar-refractivity contribution in [3.05, 3.63) is 29.8 Å². The maximum atomic E-state index is 13.7. The van der Waals surface area contributed by atoms with Crippen LogP contribution in [0.25, 0.3) is 10.1 Å². The van der Waals surface area contributed by atoms with E-state index in [1.54, 1.807) is 20.8 Å². The van der Waals surface area contributed by atoms with Crippen molar-refractivity contribution < 1.29 is 24.2 Å². The highest BCUT2D eigenvalue weighted by Gasteiger charge is 2.42. The molecule has 1 aromatic heterocycles. The van der Waals surface area contributed by atoms with Gasteiger partial charge in [-0.1, -0.05) is 18.2 Å². The molecule has 3 N–H and O–H groups in total.